The van der Waals surface area contributed by atoms with Gasteiger partial charge in [0, 0.05) is 11.4 Å². The Bertz CT molecular complexity index is 624. The molecular formula is C16H22N2O2. The summed E-state index contributed by atoms with van der Waals surface area (Å²) < 4.78 is 11.4. The zero-order valence-electron chi connectivity index (χ0n) is 12.6. The van der Waals surface area contributed by atoms with Crippen molar-refractivity contribution in [1.82, 2.24) is 4.98 Å². The van der Waals surface area contributed by atoms with Crippen LogP contribution in [0, 0.1) is 6.92 Å². The van der Waals surface area contributed by atoms with Gasteiger partial charge in [0.2, 0.25) is 0 Å². The first-order chi connectivity index (χ1) is 9.63. The van der Waals surface area contributed by atoms with Crippen LogP contribution < -0.4 is 15.2 Å². The quantitative estimate of drug-likeness (QED) is 0.906. The number of nitrogens with zero attached hydrogens (tertiary/aromatic N) is 1. The number of fused-ring (bicyclic) bond motifs is 1. The van der Waals surface area contributed by atoms with Crippen LogP contribution in [0.1, 0.15) is 32.0 Å². The minimum atomic E-state index is 0.594. The number of pyridine rings is 1. The highest BCUT2D eigenvalue weighted by Gasteiger charge is 2.16. The monoisotopic (exact) mass is 274 g/mol. The topological polar surface area (TPSA) is 57.4 Å². The van der Waals surface area contributed by atoms with Gasteiger partial charge in [-0.25, -0.2) is 4.98 Å². The van der Waals surface area contributed by atoms with E-state index in [1.165, 1.54) is 0 Å². The van der Waals surface area contributed by atoms with Gasteiger partial charge in [-0.3, -0.25) is 0 Å². The SMILES string of the molecule is CCOc1ccc(OCC)c2c(N)c(C)c(CC)nc12. The van der Waals surface area contributed by atoms with Crippen molar-refractivity contribution in [1.29, 1.82) is 0 Å². The van der Waals surface area contributed by atoms with Crippen molar-refractivity contribution in [3.05, 3.63) is 23.4 Å². The van der Waals surface area contributed by atoms with Gasteiger partial charge in [0.05, 0.1) is 18.6 Å². The zero-order valence-corrected chi connectivity index (χ0v) is 12.6. The molecule has 2 rings (SSSR count). The fourth-order valence-electron chi connectivity index (χ4n) is 2.38. The predicted octanol–water partition coefficient (Wildman–Crippen LogP) is 3.49. The molecule has 0 amide bonds. The van der Waals surface area contributed by atoms with Gasteiger partial charge in [-0.05, 0) is 44.9 Å². The van der Waals surface area contributed by atoms with E-state index >= 15 is 0 Å². The number of nitrogen functional groups attached to an aromatic ring is 1. The van der Waals surface area contributed by atoms with Crippen molar-refractivity contribution in [3.8, 4) is 11.5 Å². The highest BCUT2D eigenvalue weighted by atomic mass is 16.5. The Kier molecular flexibility index (Phi) is 4.32. The van der Waals surface area contributed by atoms with Gasteiger partial charge in [0.15, 0.2) is 0 Å². The lowest BCUT2D eigenvalue weighted by Crippen LogP contribution is -2.04. The maximum absolute atomic E-state index is 6.32. The number of hydrogen-bond donors (Lipinski definition) is 1. The van der Waals surface area contributed by atoms with Crippen LogP contribution in [0.2, 0.25) is 0 Å². The molecule has 0 spiro atoms. The Morgan fingerprint density at radius 2 is 1.65 bits per heavy atom. The summed E-state index contributed by atoms with van der Waals surface area (Å²) >= 11 is 0. The summed E-state index contributed by atoms with van der Waals surface area (Å²) in [4.78, 5) is 4.73. The molecular weight excluding hydrogens is 252 g/mol. The number of hydrogen-bond acceptors (Lipinski definition) is 4. The Hall–Kier alpha value is -1.97. The van der Waals surface area contributed by atoms with Gasteiger partial charge >= 0.3 is 0 Å². The molecule has 20 heavy (non-hydrogen) atoms. The second-order valence-corrected chi connectivity index (χ2v) is 4.60. The van der Waals surface area contributed by atoms with Gasteiger partial charge in [0.25, 0.3) is 0 Å². The number of nitrogens with two attached hydrogens (primary N) is 1. The second-order valence-electron chi connectivity index (χ2n) is 4.60. The summed E-state index contributed by atoms with van der Waals surface area (Å²) in [6.45, 7) is 9.19. The third kappa shape index (κ3) is 2.38. The summed E-state index contributed by atoms with van der Waals surface area (Å²) in [5.41, 5.74) is 9.87. The number of aryl methyl sites for hydroxylation is 1. The maximum Gasteiger partial charge on any atom is 0.145 e. The summed E-state index contributed by atoms with van der Waals surface area (Å²) in [5, 5.41) is 0.854. The molecule has 0 radical (unpaired) electrons. The second kappa shape index (κ2) is 5.99. The lowest BCUT2D eigenvalue weighted by atomic mass is 10.0. The van der Waals surface area contributed by atoms with Crippen LogP contribution >= 0.6 is 0 Å². The Morgan fingerprint density at radius 3 is 2.25 bits per heavy atom. The Morgan fingerprint density at radius 1 is 1.05 bits per heavy atom. The molecule has 0 fully saturated rings. The van der Waals surface area contributed by atoms with E-state index in [2.05, 4.69) is 6.92 Å². The average Bonchev–Trinajstić information content (AvgIpc) is 2.45. The van der Waals surface area contributed by atoms with E-state index < -0.39 is 0 Å². The van der Waals surface area contributed by atoms with Crippen molar-refractivity contribution in [3.63, 3.8) is 0 Å². The number of ether oxygens (including phenoxy) is 2. The largest absolute Gasteiger partial charge is 0.493 e. The number of benzene rings is 1. The van der Waals surface area contributed by atoms with E-state index in [1.807, 2.05) is 32.9 Å². The van der Waals surface area contributed by atoms with Crippen molar-refractivity contribution in [2.45, 2.75) is 34.1 Å². The molecule has 4 heteroatoms. The minimum absolute atomic E-state index is 0.594. The molecule has 1 aromatic carbocycles. The molecule has 0 aliphatic rings. The van der Waals surface area contributed by atoms with E-state index in [9.17, 15) is 0 Å². The zero-order chi connectivity index (χ0) is 14.7. The van der Waals surface area contributed by atoms with E-state index in [1.54, 1.807) is 0 Å². The maximum atomic E-state index is 6.32. The molecule has 1 heterocycles. The van der Waals surface area contributed by atoms with Crippen molar-refractivity contribution >= 4 is 16.6 Å². The third-order valence-electron chi connectivity index (χ3n) is 3.39. The first-order valence-corrected chi connectivity index (χ1v) is 7.11. The summed E-state index contributed by atoms with van der Waals surface area (Å²) in [5.74, 6) is 1.52. The van der Waals surface area contributed by atoms with Gasteiger partial charge in [-0.15, -0.1) is 0 Å². The smallest absolute Gasteiger partial charge is 0.145 e. The van der Waals surface area contributed by atoms with E-state index in [0.717, 1.165) is 45.8 Å². The van der Waals surface area contributed by atoms with Gasteiger partial charge in [-0.2, -0.15) is 0 Å². The summed E-state index contributed by atoms with van der Waals surface area (Å²) in [6.07, 6.45) is 0.844. The van der Waals surface area contributed by atoms with Gasteiger partial charge < -0.3 is 15.2 Å². The number of rotatable bonds is 5. The highest BCUT2D eigenvalue weighted by molar-refractivity contribution is 6.00. The lowest BCUT2D eigenvalue weighted by molar-refractivity contribution is 0.336. The van der Waals surface area contributed by atoms with E-state index in [4.69, 9.17) is 20.2 Å². The molecule has 0 unspecified atom stereocenters. The Labute approximate surface area is 119 Å². The molecule has 1 aromatic heterocycles. The lowest BCUT2D eigenvalue weighted by Gasteiger charge is -2.16. The fourth-order valence-corrected chi connectivity index (χ4v) is 2.38. The van der Waals surface area contributed by atoms with Crippen molar-refractivity contribution in [2.75, 3.05) is 18.9 Å². The molecule has 108 valence electrons. The van der Waals surface area contributed by atoms with Crippen LogP contribution in [-0.2, 0) is 6.42 Å². The highest BCUT2D eigenvalue weighted by Crippen LogP contribution is 2.38. The van der Waals surface area contributed by atoms with Crippen LogP contribution in [0.15, 0.2) is 12.1 Å². The van der Waals surface area contributed by atoms with Crippen molar-refractivity contribution in [2.24, 2.45) is 0 Å². The molecule has 0 saturated carbocycles. The van der Waals surface area contributed by atoms with Gasteiger partial charge in [-0.1, -0.05) is 6.92 Å². The number of anilines is 1. The first-order valence-electron chi connectivity index (χ1n) is 7.11. The van der Waals surface area contributed by atoms with Gasteiger partial charge in [0.1, 0.15) is 17.0 Å². The molecule has 0 aliphatic heterocycles. The fraction of sp³-hybridized carbons (Fsp3) is 0.438. The predicted molar refractivity (Wildman–Crippen MR) is 82.6 cm³/mol. The summed E-state index contributed by atoms with van der Waals surface area (Å²) in [6, 6.07) is 3.80. The molecule has 2 N–H and O–H groups in total. The average molecular weight is 274 g/mol. The van der Waals surface area contributed by atoms with E-state index in [0.29, 0.717) is 13.2 Å². The van der Waals surface area contributed by atoms with Crippen LogP contribution in [0.5, 0.6) is 11.5 Å². The normalized spacial score (nSPS) is 10.8. The summed E-state index contributed by atoms with van der Waals surface area (Å²) in [7, 11) is 0. The van der Waals surface area contributed by atoms with Crippen LogP contribution in [0.3, 0.4) is 0 Å². The van der Waals surface area contributed by atoms with Crippen LogP contribution in [0.25, 0.3) is 10.9 Å². The minimum Gasteiger partial charge on any atom is -0.493 e. The van der Waals surface area contributed by atoms with Crippen molar-refractivity contribution < 1.29 is 9.47 Å². The molecule has 0 aliphatic carbocycles. The van der Waals surface area contributed by atoms with Crippen LogP contribution in [-0.4, -0.2) is 18.2 Å². The molecule has 0 saturated heterocycles. The number of aromatic nitrogens is 1. The van der Waals surface area contributed by atoms with E-state index in [-0.39, 0.29) is 0 Å². The molecule has 2 aromatic rings. The third-order valence-corrected chi connectivity index (χ3v) is 3.39. The Balaban J connectivity index is 2.81. The molecule has 0 bridgehead atoms. The first kappa shape index (κ1) is 14.4. The van der Waals surface area contributed by atoms with Crippen LogP contribution in [0.4, 0.5) is 5.69 Å². The molecule has 4 nitrogen and oxygen atoms in total. The standard InChI is InChI=1S/C16H22N2O2/c1-5-11-10(4)15(17)14-12(19-6-2)8-9-13(20-7-3)16(14)18-11/h8-9H,5-7H2,1-4H3,(H2,17,18). The molecule has 0 atom stereocenters.